The Balaban J connectivity index is 2.08. The molecule has 1 aromatic rings. The first-order valence-electron chi connectivity index (χ1n) is 4.77. The number of halogens is 1. The normalized spacial score (nSPS) is 20.7. The largest absolute Gasteiger partial charge is 0.408 e. The highest BCUT2D eigenvalue weighted by Crippen LogP contribution is 2.21. The first kappa shape index (κ1) is 10.4. The lowest BCUT2D eigenvalue weighted by molar-refractivity contribution is -0.389. The van der Waals surface area contributed by atoms with Crippen LogP contribution in [0, 0.1) is 10.1 Å². The summed E-state index contributed by atoms with van der Waals surface area (Å²) in [5.74, 6) is -0.269. The predicted octanol–water partition coefficient (Wildman–Crippen LogP) is 1.20. The summed E-state index contributed by atoms with van der Waals surface area (Å²) in [6.45, 7) is 1.63. The summed E-state index contributed by atoms with van der Waals surface area (Å²) in [4.78, 5) is 9.93. The van der Waals surface area contributed by atoms with E-state index in [1.165, 1.54) is 10.9 Å². The van der Waals surface area contributed by atoms with Gasteiger partial charge in [0.1, 0.15) is 0 Å². The quantitative estimate of drug-likeness (QED) is 0.626. The van der Waals surface area contributed by atoms with E-state index in [-0.39, 0.29) is 10.8 Å². The fourth-order valence-electron chi connectivity index (χ4n) is 1.74. The predicted molar refractivity (Wildman–Crippen MR) is 54.9 cm³/mol. The highest BCUT2D eigenvalue weighted by atomic mass is 35.5. The molecular weight excluding hydrogens is 220 g/mol. The van der Waals surface area contributed by atoms with Gasteiger partial charge in [0.15, 0.2) is 5.02 Å². The van der Waals surface area contributed by atoms with Crippen molar-refractivity contribution in [1.29, 1.82) is 0 Å². The molecule has 1 aliphatic heterocycles. The van der Waals surface area contributed by atoms with Crippen LogP contribution in [0.1, 0.15) is 12.8 Å². The van der Waals surface area contributed by atoms with Gasteiger partial charge in [-0.05, 0) is 24.3 Å². The summed E-state index contributed by atoms with van der Waals surface area (Å²) in [5, 5.41) is 17.7. The second-order valence-corrected chi connectivity index (χ2v) is 3.98. The lowest BCUT2D eigenvalue weighted by atomic mass is 10.2. The van der Waals surface area contributed by atoms with Gasteiger partial charge in [-0.25, -0.2) is 0 Å². The Bertz CT molecular complexity index is 373. The topological polar surface area (TPSA) is 73.0 Å². The van der Waals surface area contributed by atoms with Crippen LogP contribution in [0.5, 0.6) is 0 Å². The van der Waals surface area contributed by atoms with Crippen LogP contribution in [0.2, 0.25) is 5.02 Å². The molecule has 1 fully saturated rings. The van der Waals surface area contributed by atoms with Crippen LogP contribution in [-0.4, -0.2) is 27.3 Å². The van der Waals surface area contributed by atoms with E-state index in [4.69, 9.17) is 11.6 Å². The zero-order valence-corrected chi connectivity index (χ0v) is 8.78. The molecule has 82 valence electrons. The Hall–Kier alpha value is -1.14. The minimum Gasteiger partial charge on any atom is -0.358 e. The van der Waals surface area contributed by atoms with E-state index in [0.717, 1.165) is 19.4 Å². The zero-order chi connectivity index (χ0) is 10.8. The highest BCUT2D eigenvalue weighted by Gasteiger charge is 2.22. The number of nitrogens with zero attached hydrogens (tertiary/aromatic N) is 3. The number of hydrogen-bond donors (Lipinski definition) is 1. The molecule has 1 aliphatic rings. The molecule has 0 spiro atoms. The van der Waals surface area contributed by atoms with Crippen molar-refractivity contribution in [1.82, 2.24) is 15.1 Å². The number of nitro groups is 1. The van der Waals surface area contributed by atoms with Crippen molar-refractivity contribution in [3.8, 4) is 0 Å². The molecule has 1 saturated heterocycles. The minimum atomic E-state index is -0.569. The van der Waals surface area contributed by atoms with E-state index in [0.29, 0.717) is 12.6 Å². The monoisotopic (exact) mass is 230 g/mol. The zero-order valence-electron chi connectivity index (χ0n) is 8.02. The molecule has 0 unspecified atom stereocenters. The Labute approximate surface area is 91.4 Å². The summed E-state index contributed by atoms with van der Waals surface area (Å²) in [5.41, 5.74) is 0. The lowest BCUT2D eigenvalue weighted by Gasteiger charge is -2.06. The molecule has 7 heteroatoms. The molecule has 0 saturated carbocycles. The molecule has 1 N–H and O–H groups in total. The molecule has 0 aliphatic carbocycles. The standard InChI is InChI=1S/C8H11ClN4O2/c9-7-5-12(11-8(7)13(14)15)4-6-2-1-3-10-6/h5-6,10H,1-4H2/t6-/m1/s1. The molecule has 0 bridgehead atoms. The lowest BCUT2D eigenvalue weighted by Crippen LogP contribution is -2.26. The van der Waals surface area contributed by atoms with E-state index in [9.17, 15) is 10.1 Å². The molecule has 15 heavy (non-hydrogen) atoms. The average Bonchev–Trinajstić information content (AvgIpc) is 2.75. The van der Waals surface area contributed by atoms with E-state index in [2.05, 4.69) is 10.4 Å². The van der Waals surface area contributed by atoms with Crippen LogP contribution in [-0.2, 0) is 6.54 Å². The third-order valence-corrected chi connectivity index (χ3v) is 2.71. The van der Waals surface area contributed by atoms with Crippen molar-refractivity contribution >= 4 is 17.4 Å². The molecule has 6 nitrogen and oxygen atoms in total. The molecule has 1 atom stereocenters. The van der Waals surface area contributed by atoms with Crippen LogP contribution in [0.15, 0.2) is 6.20 Å². The minimum absolute atomic E-state index is 0.0954. The highest BCUT2D eigenvalue weighted by molar-refractivity contribution is 6.32. The van der Waals surface area contributed by atoms with E-state index < -0.39 is 4.92 Å². The van der Waals surface area contributed by atoms with Crippen molar-refractivity contribution < 1.29 is 4.92 Å². The van der Waals surface area contributed by atoms with Gasteiger partial charge in [0.2, 0.25) is 0 Å². The van der Waals surface area contributed by atoms with Crippen molar-refractivity contribution in [2.45, 2.75) is 25.4 Å². The molecule has 0 radical (unpaired) electrons. The Morgan fingerprint density at radius 3 is 3.13 bits per heavy atom. The van der Waals surface area contributed by atoms with Crippen molar-refractivity contribution in [2.75, 3.05) is 6.54 Å². The number of hydrogen-bond acceptors (Lipinski definition) is 4. The fraction of sp³-hybridized carbons (Fsp3) is 0.625. The number of nitrogens with one attached hydrogen (secondary N) is 1. The second-order valence-electron chi connectivity index (χ2n) is 3.57. The van der Waals surface area contributed by atoms with Gasteiger partial charge in [0.05, 0.1) is 17.8 Å². The first-order valence-corrected chi connectivity index (χ1v) is 5.15. The smallest absolute Gasteiger partial charge is 0.358 e. The van der Waals surface area contributed by atoms with Gasteiger partial charge >= 0.3 is 5.82 Å². The number of aromatic nitrogens is 2. The van der Waals surface area contributed by atoms with Crippen LogP contribution in [0.25, 0.3) is 0 Å². The van der Waals surface area contributed by atoms with E-state index in [1.54, 1.807) is 0 Å². The molecular formula is C8H11ClN4O2. The summed E-state index contributed by atoms with van der Waals surface area (Å²) in [7, 11) is 0. The Morgan fingerprint density at radius 2 is 2.60 bits per heavy atom. The molecule has 0 amide bonds. The SMILES string of the molecule is O=[N+]([O-])c1nn(C[C@H]2CCCN2)cc1Cl. The van der Waals surface area contributed by atoms with Gasteiger partial charge in [-0.3, -0.25) is 0 Å². The molecule has 2 rings (SSSR count). The maximum absolute atomic E-state index is 10.5. The van der Waals surface area contributed by atoms with Crippen LogP contribution in [0.3, 0.4) is 0 Å². The van der Waals surface area contributed by atoms with Crippen LogP contribution in [0.4, 0.5) is 5.82 Å². The van der Waals surface area contributed by atoms with E-state index in [1.807, 2.05) is 0 Å². The van der Waals surface area contributed by atoms with Crippen molar-refractivity contribution in [3.05, 3.63) is 21.3 Å². The molecule has 1 aromatic heterocycles. The van der Waals surface area contributed by atoms with Gasteiger partial charge in [-0.2, -0.15) is 4.68 Å². The summed E-state index contributed by atoms with van der Waals surface area (Å²) in [6, 6.07) is 0.348. The van der Waals surface area contributed by atoms with Gasteiger partial charge in [-0.1, -0.05) is 11.6 Å². The average molecular weight is 231 g/mol. The van der Waals surface area contributed by atoms with E-state index >= 15 is 0 Å². The molecule has 2 heterocycles. The van der Waals surface area contributed by atoms with Crippen LogP contribution < -0.4 is 5.32 Å². The maximum atomic E-state index is 10.5. The molecule has 0 aromatic carbocycles. The summed E-state index contributed by atoms with van der Waals surface area (Å²) >= 11 is 5.68. The maximum Gasteiger partial charge on any atom is 0.408 e. The van der Waals surface area contributed by atoms with Gasteiger partial charge in [0, 0.05) is 6.04 Å². The first-order chi connectivity index (χ1) is 7.16. The number of rotatable bonds is 3. The Morgan fingerprint density at radius 1 is 1.80 bits per heavy atom. The van der Waals surface area contributed by atoms with Crippen molar-refractivity contribution in [3.63, 3.8) is 0 Å². The van der Waals surface area contributed by atoms with Crippen LogP contribution >= 0.6 is 11.6 Å². The fourth-order valence-corrected chi connectivity index (χ4v) is 1.96. The third kappa shape index (κ3) is 2.27. The Kier molecular flexibility index (Phi) is 2.88. The van der Waals surface area contributed by atoms with Crippen molar-refractivity contribution in [2.24, 2.45) is 0 Å². The summed E-state index contributed by atoms with van der Waals surface area (Å²) < 4.78 is 1.53. The summed E-state index contributed by atoms with van der Waals surface area (Å²) in [6.07, 6.45) is 3.72. The third-order valence-electron chi connectivity index (χ3n) is 2.44. The van der Waals surface area contributed by atoms with Gasteiger partial charge in [0.25, 0.3) is 0 Å². The van der Waals surface area contributed by atoms with Gasteiger partial charge in [-0.15, -0.1) is 0 Å². The van der Waals surface area contributed by atoms with Gasteiger partial charge < -0.3 is 15.4 Å². The second kappa shape index (κ2) is 4.16.